The van der Waals surface area contributed by atoms with Crippen molar-refractivity contribution < 1.29 is 4.79 Å². The van der Waals surface area contributed by atoms with Crippen LogP contribution in [0.5, 0.6) is 0 Å². The first kappa shape index (κ1) is 11.4. The molecule has 0 aliphatic heterocycles. The number of carbonyl (C=O) groups is 1. The smallest absolute Gasteiger partial charge is 0.263 e. The predicted octanol–water partition coefficient (Wildman–Crippen LogP) is 1.81. The highest BCUT2D eigenvalue weighted by molar-refractivity contribution is 7.99. The lowest BCUT2D eigenvalue weighted by atomic mass is 10.3. The summed E-state index contributed by atoms with van der Waals surface area (Å²) in [5.41, 5.74) is 6.18. The molecule has 78 valence electrons. The molecule has 0 saturated heterocycles. The molecular formula is C9H14N2OS2. The number of thiophene rings is 1. The molecule has 1 atom stereocenters. The fraction of sp³-hybridized carbons (Fsp3) is 0.444. The molecule has 1 aromatic rings. The normalized spacial score (nSPS) is 12.4. The van der Waals surface area contributed by atoms with E-state index in [2.05, 4.69) is 12.2 Å². The Bertz CT molecular complexity index is 312. The van der Waals surface area contributed by atoms with Crippen LogP contribution in [0.15, 0.2) is 11.4 Å². The van der Waals surface area contributed by atoms with Crippen molar-refractivity contribution in [3.05, 3.63) is 16.3 Å². The van der Waals surface area contributed by atoms with Crippen molar-refractivity contribution in [2.45, 2.75) is 12.2 Å². The van der Waals surface area contributed by atoms with Crippen LogP contribution in [0, 0.1) is 0 Å². The lowest BCUT2D eigenvalue weighted by Crippen LogP contribution is -2.29. The zero-order valence-corrected chi connectivity index (χ0v) is 9.87. The first-order valence-corrected chi connectivity index (χ1v) is 6.46. The molecule has 0 spiro atoms. The Morgan fingerprint density at radius 2 is 2.50 bits per heavy atom. The maximum atomic E-state index is 11.6. The quantitative estimate of drug-likeness (QED) is 0.829. The van der Waals surface area contributed by atoms with Gasteiger partial charge in [-0.05, 0) is 17.7 Å². The van der Waals surface area contributed by atoms with Gasteiger partial charge in [-0.15, -0.1) is 11.3 Å². The molecule has 5 heteroatoms. The summed E-state index contributed by atoms with van der Waals surface area (Å²) in [6, 6.07) is 1.75. The Kier molecular flexibility index (Phi) is 4.28. The van der Waals surface area contributed by atoms with Gasteiger partial charge >= 0.3 is 0 Å². The number of carbonyl (C=O) groups excluding carboxylic acids is 1. The summed E-state index contributed by atoms with van der Waals surface area (Å²) < 4.78 is 0. The molecule has 0 aliphatic rings. The van der Waals surface area contributed by atoms with Crippen LogP contribution >= 0.6 is 23.1 Å². The molecular weight excluding hydrogens is 216 g/mol. The molecule has 0 aromatic carbocycles. The molecule has 1 unspecified atom stereocenters. The van der Waals surface area contributed by atoms with Gasteiger partial charge in [-0.1, -0.05) is 6.92 Å². The lowest BCUT2D eigenvalue weighted by molar-refractivity contribution is 0.0959. The molecule has 1 heterocycles. The SMILES string of the molecule is CSC(C)CNC(=O)c1sccc1N. The second-order valence-electron chi connectivity index (χ2n) is 2.96. The molecule has 0 bridgehead atoms. The van der Waals surface area contributed by atoms with Crippen molar-refractivity contribution in [2.24, 2.45) is 0 Å². The third-order valence-electron chi connectivity index (χ3n) is 1.85. The van der Waals surface area contributed by atoms with Crippen molar-refractivity contribution in [2.75, 3.05) is 18.5 Å². The van der Waals surface area contributed by atoms with Gasteiger partial charge in [0.05, 0.1) is 5.69 Å². The summed E-state index contributed by atoms with van der Waals surface area (Å²) in [6.07, 6.45) is 2.02. The molecule has 3 nitrogen and oxygen atoms in total. The molecule has 1 aromatic heterocycles. The maximum absolute atomic E-state index is 11.6. The molecule has 14 heavy (non-hydrogen) atoms. The molecule has 3 N–H and O–H groups in total. The van der Waals surface area contributed by atoms with Crippen molar-refractivity contribution in [3.63, 3.8) is 0 Å². The molecule has 0 fully saturated rings. The van der Waals surface area contributed by atoms with Gasteiger partial charge < -0.3 is 11.1 Å². The summed E-state index contributed by atoms with van der Waals surface area (Å²) >= 11 is 3.10. The van der Waals surface area contributed by atoms with Gasteiger partial charge in [-0.25, -0.2) is 0 Å². The van der Waals surface area contributed by atoms with Crippen LogP contribution in [0.4, 0.5) is 5.69 Å². The van der Waals surface area contributed by atoms with Gasteiger partial charge in [0.2, 0.25) is 0 Å². The molecule has 0 aliphatic carbocycles. The summed E-state index contributed by atoms with van der Waals surface area (Å²) in [5, 5.41) is 5.10. The van der Waals surface area contributed by atoms with Gasteiger partial charge in [-0.2, -0.15) is 11.8 Å². The van der Waals surface area contributed by atoms with Crippen molar-refractivity contribution in [1.82, 2.24) is 5.32 Å². The zero-order chi connectivity index (χ0) is 10.6. The van der Waals surface area contributed by atoms with Crippen molar-refractivity contribution in [3.8, 4) is 0 Å². The standard InChI is InChI=1S/C9H14N2OS2/c1-6(13-2)5-11-9(12)8-7(10)3-4-14-8/h3-4,6H,5,10H2,1-2H3,(H,11,12). The van der Waals surface area contributed by atoms with Crippen molar-refractivity contribution >= 4 is 34.7 Å². The maximum Gasteiger partial charge on any atom is 0.263 e. The number of hydrogen-bond donors (Lipinski definition) is 2. The van der Waals surface area contributed by atoms with Crippen LogP contribution in [-0.2, 0) is 0 Å². The highest BCUT2D eigenvalue weighted by atomic mass is 32.2. The first-order valence-electron chi connectivity index (χ1n) is 4.29. The Morgan fingerprint density at radius 1 is 1.79 bits per heavy atom. The minimum atomic E-state index is -0.0709. The number of hydrogen-bond acceptors (Lipinski definition) is 4. The first-order chi connectivity index (χ1) is 6.65. The van der Waals surface area contributed by atoms with E-state index >= 15 is 0 Å². The zero-order valence-electron chi connectivity index (χ0n) is 8.24. The van der Waals surface area contributed by atoms with E-state index in [9.17, 15) is 4.79 Å². The van der Waals surface area contributed by atoms with E-state index in [-0.39, 0.29) is 5.91 Å². The average molecular weight is 230 g/mol. The van der Waals surface area contributed by atoms with E-state index in [0.717, 1.165) is 0 Å². The Labute approximate surface area is 92.1 Å². The van der Waals surface area contributed by atoms with E-state index in [1.807, 2.05) is 11.6 Å². The third kappa shape index (κ3) is 2.92. The van der Waals surface area contributed by atoms with Gasteiger partial charge in [0.25, 0.3) is 5.91 Å². The van der Waals surface area contributed by atoms with Gasteiger partial charge in [-0.3, -0.25) is 4.79 Å². The summed E-state index contributed by atoms with van der Waals surface area (Å²) in [7, 11) is 0. The fourth-order valence-corrected chi connectivity index (χ4v) is 1.89. The number of nitrogen functional groups attached to an aromatic ring is 1. The molecule has 0 radical (unpaired) electrons. The number of nitrogens with two attached hydrogens (primary N) is 1. The summed E-state index contributed by atoms with van der Waals surface area (Å²) in [5.74, 6) is -0.0709. The van der Waals surface area contributed by atoms with Gasteiger partial charge in [0, 0.05) is 11.8 Å². The number of thioether (sulfide) groups is 1. The predicted molar refractivity (Wildman–Crippen MR) is 64.0 cm³/mol. The van der Waals surface area contributed by atoms with E-state index < -0.39 is 0 Å². The number of nitrogens with one attached hydrogen (secondary N) is 1. The fourth-order valence-electron chi connectivity index (χ4n) is 0.904. The van der Waals surface area contributed by atoms with Crippen LogP contribution < -0.4 is 11.1 Å². The van der Waals surface area contributed by atoms with E-state index in [4.69, 9.17) is 5.73 Å². The largest absolute Gasteiger partial charge is 0.397 e. The Morgan fingerprint density at radius 3 is 3.00 bits per heavy atom. The van der Waals surface area contributed by atoms with Crippen LogP contribution in [0.25, 0.3) is 0 Å². The van der Waals surface area contributed by atoms with Crippen LogP contribution in [0.1, 0.15) is 16.6 Å². The molecule has 0 saturated carbocycles. The van der Waals surface area contributed by atoms with E-state index in [1.54, 1.807) is 17.8 Å². The second kappa shape index (κ2) is 5.26. The van der Waals surface area contributed by atoms with Crippen molar-refractivity contribution in [1.29, 1.82) is 0 Å². The van der Waals surface area contributed by atoms with Gasteiger partial charge in [0.1, 0.15) is 4.88 Å². The van der Waals surface area contributed by atoms with Crippen LogP contribution in [0.2, 0.25) is 0 Å². The third-order valence-corrected chi connectivity index (χ3v) is 3.75. The second-order valence-corrected chi connectivity index (χ2v) is 5.15. The number of rotatable bonds is 4. The summed E-state index contributed by atoms with van der Waals surface area (Å²) in [6.45, 7) is 2.75. The van der Waals surface area contributed by atoms with Crippen LogP contribution in [0.3, 0.4) is 0 Å². The highest BCUT2D eigenvalue weighted by Crippen LogP contribution is 2.18. The lowest BCUT2D eigenvalue weighted by Gasteiger charge is -2.09. The van der Waals surface area contributed by atoms with E-state index in [0.29, 0.717) is 22.4 Å². The Balaban J connectivity index is 2.47. The minimum absolute atomic E-state index is 0.0709. The van der Waals surface area contributed by atoms with E-state index in [1.165, 1.54) is 11.3 Å². The average Bonchev–Trinajstić information content (AvgIpc) is 2.60. The van der Waals surface area contributed by atoms with Crippen LogP contribution in [-0.4, -0.2) is 24.0 Å². The summed E-state index contributed by atoms with van der Waals surface area (Å²) in [4.78, 5) is 12.2. The highest BCUT2D eigenvalue weighted by Gasteiger charge is 2.11. The number of anilines is 1. The monoisotopic (exact) mass is 230 g/mol. The van der Waals surface area contributed by atoms with Gasteiger partial charge in [0.15, 0.2) is 0 Å². The Hall–Kier alpha value is -0.680. The molecule has 1 rings (SSSR count). The topological polar surface area (TPSA) is 55.1 Å². The minimum Gasteiger partial charge on any atom is -0.397 e. The molecule has 1 amide bonds. The number of amides is 1.